The number of rotatable bonds is 4. The van der Waals surface area contributed by atoms with Crippen molar-refractivity contribution in [2.75, 3.05) is 13.4 Å². The monoisotopic (exact) mass is 379 g/mol. The number of fused-ring (bicyclic) bond motifs is 1. The number of nitrogens with zero attached hydrogens (tertiary/aromatic N) is 1. The van der Waals surface area contributed by atoms with Crippen LogP contribution in [0.4, 0.5) is 0 Å². The van der Waals surface area contributed by atoms with Crippen LogP contribution in [0, 0.1) is 0 Å². The SMILES string of the molecule is COc1ccc2nc(S(C)(=O)=O)ccc2c1Sc1ccccc1Cl. The number of pyridine rings is 1. The molecule has 1 aromatic heterocycles. The Balaban J connectivity index is 2.19. The van der Waals surface area contributed by atoms with E-state index >= 15 is 0 Å². The Morgan fingerprint density at radius 1 is 1.08 bits per heavy atom. The van der Waals surface area contributed by atoms with E-state index < -0.39 is 9.84 Å². The highest BCUT2D eigenvalue weighted by atomic mass is 35.5. The smallest absolute Gasteiger partial charge is 0.192 e. The standard InChI is InChI=1S/C17H14ClNO3S2/c1-22-14-9-8-13-11(7-10-16(19-13)24(2,20)21)17(14)23-15-6-4-3-5-12(15)18/h3-10H,1-2H3. The second-order valence-corrected chi connectivity index (χ2v) is 8.54. The summed E-state index contributed by atoms with van der Waals surface area (Å²) in [7, 11) is -1.77. The lowest BCUT2D eigenvalue weighted by Crippen LogP contribution is -2.00. The normalized spacial score (nSPS) is 11.6. The molecule has 4 nitrogen and oxygen atoms in total. The van der Waals surface area contributed by atoms with Crippen molar-refractivity contribution in [1.29, 1.82) is 0 Å². The van der Waals surface area contributed by atoms with E-state index in [0.29, 0.717) is 16.3 Å². The average Bonchev–Trinajstić information content (AvgIpc) is 2.55. The molecule has 0 spiro atoms. The summed E-state index contributed by atoms with van der Waals surface area (Å²) in [5.41, 5.74) is 0.591. The molecule has 0 radical (unpaired) electrons. The van der Waals surface area contributed by atoms with Gasteiger partial charge in [0.05, 0.1) is 22.5 Å². The molecule has 3 rings (SSSR count). The molecule has 0 bridgehead atoms. The van der Waals surface area contributed by atoms with Gasteiger partial charge in [0.1, 0.15) is 5.75 Å². The van der Waals surface area contributed by atoms with Gasteiger partial charge in [0, 0.05) is 16.5 Å². The molecule has 0 N–H and O–H groups in total. The Hall–Kier alpha value is -1.76. The van der Waals surface area contributed by atoms with Gasteiger partial charge in [-0.3, -0.25) is 0 Å². The van der Waals surface area contributed by atoms with Gasteiger partial charge < -0.3 is 4.74 Å². The minimum absolute atomic E-state index is 0.0499. The Bertz CT molecular complexity index is 1020. The zero-order valence-electron chi connectivity index (χ0n) is 13.0. The minimum atomic E-state index is -3.36. The number of benzene rings is 2. The van der Waals surface area contributed by atoms with Crippen molar-refractivity contribution in [2.45, 2.75) is 14.8 Å². The summed E-state index contributed by atoms with van der Waals surface area (Å²) in [5.74, 6) is 0.682. The first-order chi connectivity index (χ1) is 11.4. The van der Waals surface area contributed by atoms with Crippen LogP contribution in [0.25, 0.3) is 10.9 Å². The van der Waals surface area contributed by atoms with Crippen LogP contribution in [0.15, 0.2) is 63.3 Å². The maximum absolute atomic E-state index is 11.7. The second kappa shape index (κ2) is 6.63. The molecule has 0 aliphatic rings. The predicted molar refractivity (Wildman–Crippen MR) is 97.0 cm³/mol. The third-order valence-electron chi connectivity index (χ3n) is 3.41. The van der Waals surface area contributed by atoms with Crippen molar-refractivity contribution >= 4 is 44.1 Å². The third-order valence-corrected chi connectivity index (χ3v) is 6.04. The summed E-state index contributed by atoms with van der Waals surface area (Å²) in [6.45, 7) is 0. The molecular formula is C17H14ClNO3S2. The van der Waals surface area contributed by atoms with Gasteiger partial charge in [0.15, 0.2) is 14.9 Å². The summed E-state index contributed by atoms with van der Waals surface area (Å²) in [6, 6.07) is 14.3. The van der Waals surface area contributed by atoms with Crippen LogP contribution in [0.2, 0.25) is 5.02 Å². The summed E-state index contributed by atoms with van der Waals surface area (Å²) >= 11 is 7.71. The molecule has 0 aliphatic heterocycles. The molecule has 0 amide bonds. The predicted octanol–water partition coefficient (Wildman–Crippen LogP) is 4.45. The van der Waals surface area contributed by atoms with Crippen molar-refractivity contribution in [1.82, 2.24) is 4.98 Å². The fraction of sp³-hybridized carbons (Fsp3) is 0.118. The molecule has 0 fully saturated rings. The van der Waals surface area contributed by atoms with E-state index in [4.69, 9.17) is 16.3 Å². The fourth-order valence-corrected chi connectivity index (χ4v) is 4.15. The molecule has 3 aromatic rings. The minimum Gasteiger partial charge on any atom is -0.496 e. The molecule has 0 atom stereocenters. The molecule has 0 unspecified atom stereocenters. The highest BCUT2D eigenvalue weighted by Crippen LogP contribution is 2.42. The first kappa shape index (κ1) is 17.1. The van der Waals surface area contributed by atoms with Crippen molar-refractivity contribution in [2.24, 2.45) is 0 Å². The van der Waals surface area contributed by atoms with Gasteiger partial charge in [-0.15, -0.1) is 0 Å². The Morgan fingerprint density at radius 2 is 1.83 bits per heavy atom. The van der Waals surface area contributed by atoms with Crippen LogP contribution in [0.5, 0.6) is 5.75 Å². The van der Waals surface area contributed by atoms with Gasteiger partial charge in [-0.05, 0) is 36.4 Å². The van der Waals surface area contributed by atoms with Crippen molar-refractivity contribution in [3.05, 3.63) is 53.6 Å². The lowest BCUT2D eigenvalue weighted by atomic mass is 10.2. The molecule has 0 saturated carbocycles. The lowest BCUT2D eigenvalue weighted by Gasteiger charge is -2.12. The third kappa shape index (κ3) is 3.36. The molecule has 124 valence electrons. The highest BCUT2D eigenvalue weighted by Gasteiger charge is 2.15. The van der Waals surface area contributed by atoms with Crippen LogP contribution in [0.3, 0.4) is 0 Å². The number of hydrogen-bond acceptors (Lipinski definition) is 5. The van der Waals surface area contributed by atoms with Gasteiger partial charge in [-0.1, -0.05) is 35.5 Å². The molecule has 0 aliphatic carbocycles. The summed E-state index contributed by atoms with van der Waals surface area (Å²) in [6.07, 6.45) is 1.14. The number of methoxy groups -OCH3 is 1. The van der Waals surface area contributed by atoms with Crippen LogP contribution < -0.4 is 4.74 Å². The van der Waals surface area contributed by atoms with E-state index in [1.54, 1.807) is 25.3 Å². The van der Waals surface area contributed by atoms with E-state index in [1.165, 1.54) is 17.8 Å². The maximum atomic E-state index is 11.7. The zero-order chi connectivity index (χ0) is 17.3. The van der Waals surface area contributed by atoms with E-state index in [1.807, 2.05) is 24.3 Å². The molecule has 1 heterocycles. The molecule has 24 heavy (non-hydrogen) atoms. The van der Waals surface area contributed by atoms with E-state index in [9.17, 15) is 8.42 Å². The molecule has 7 heteroatoms. The van der Waals surface area contributed by atoms with E-state index in [2.05, 4.69) is 4.98 Å². The molecule has 2 aromatic carbocycles. The quantitative estimate of drug-likeness (QED) is 0.670. The van der Waals surface area contributed by atoms with Crippen molar-refractivity contribution in [3.8, 4) is 5.75 Å². The summed E-state index contributed by atoms with van der Waals surface area (Å²) in [5, 5.41) is 1.50. The van der Waals surface area contributed by atoms with Gasteiger partial charge in [-0.25, -0.2) is 13.4 Å². The summed E-state index contributed by atoms with van der Waals surface area (Å²) in [4.78, 5) is 5.99. The van der Waals surface area contributed by atoms with Crippen LogP contribution in [0.1, 0.15) is 0 Å². The number of aromatic nitrogens is 1. The Labute approximate surface area is 149 Å². The Morgan fingerprint density at radius 3 is 2.50 bits per heavy atom. The Kier molecular flexibility index (Phi) is 4.71. The van der Waals surface area contributed by atoms with Crippen LogP contribution >= 0.6 is 23.4 Å². The summed E-state index contributed by atoms with van der Waals surface area (Å²) < 4.78 is 28.9. The van der Waals surface area contributed by atoms with Crippen LogP contribution in [-0.4, -0.2) is 26.8 Å². The average molecular weight is 380 g/mol. The van der Waals surface area contributed by atoms with Gasteiger partial charge >= 0.3 is 0 Å². The maximum Gasteiger partial charge on any atom is 0.192 e. The topological polar surface area (TPSA) is 56.3 Å². The first-order valence-corrected chi connectivity index (χ1v) is 10.1. The fourth-order valence-electron chi connectivity index (χ4n) is 2.25. The second-order valence-electron chi connectivity index (χ2n) is 5.12. The van der Waals surface area contributed by atoms with Gasteiger partial charge in [0.25, 0.3) is 0 Å². The number of hydrogen-bond donors (Lipinski definition) is 0. The van der Waals surface area contributed by atoms with E-state index in [-0.39, 0.29) is 5.03 Å². The van der Waals surface area contributed by atoms with Crippen LogP contribution in [-0.2, 0) is 9.84 Å². The first-order valence-electron chi connectivity index (χ1n) is 7.00. The van der Waals surface area contributed by atoms with Crippen molar-refractivity contribution in [3.63, 3.8) is 0 Å². The van der Waals surface area contributed by atoms with Gasteiger partial charge in [0.2, 0.25) is 0 Å². The highest BCUT2D eigenvalue weighted by molar-refractivity contribution is 7.99. The van der Waals surface area contributed by atoms with Crippen molar-refractivity contribution < 1.29 is 13.2 Å². The molecular weight excluding hydrogens is 366 g/mol. The number of halogens is 1. The zero-order valence-corrected chi connectivity index (χ0v) is 15.4. The molecule has 0 saturated heterocycles. The number of ether oxygens (including phenoxy) is 1. The lowest BCUT2D eigenvalue weighted by molar-refractivity contribution is 0.406. The largest absolute Gasteiger partial charge is 0.496 e. The van der Waals surface area contributed by atoms with E-state index in [0.717, 1.165) is 21.4 Å². The number of sulfone groups is 1. The van der Waals surface area contributed by atoms with Gasteiger partial charge in [-0.2, -0.15) is 0 Å².